The van der Waals surface area contributed by atoms with Crippen LogP contribution in [0.15, 0.2) is 24.3 Å². The summed E-state index contributed by atoms with van der Waals surface area (Å²) < 4.78 is 5.79. The predicted molar refractivity (Wildman–Crippen MR) is 83.7 cm³/mol. The second-order valence-electron chi connectivity index (χ2n) is 6.26. The third-order valence-electron chi connectivity index (χ3n) is 3.76. The molecule has 0 radical (unpaired) electrons. The van der Waals surface area contributed by atoms with Crippen LogP contribution in [0.1, 0.15) is 38.3 Å². The first kappa shape index (κ1) is 15.5. The van der Waals surface area contributed by atoms with Crippen LogP contribution in [0.25, 0.3) is 0 Å². The molecule has 1 heterocycles. The van der Waals surface area contributed by atoms with Gasteiger partial charge in [-0.1, -0.05) is 31.2 Å². The molecule has 0 aromatic heterocycles. The Morgan fingerprint density at radius 3 is 2.70 bits per heavy atom. The highest BCUT2D eigenvalue weighted by Gasteiger charge is 2.27. The minimum Gasteiger partial charge on any atom is -0.373 e. The molecule has 0 atom stereocenters. The monoisotopic (exact) mass is 276 g/mol. The lowest BCUT2D eigenvalue weighted by molar-refractivity contribution is -0.0883. The number of nitrogens with zero attached hydrogens (tertiary/aromatic N) is 1. The average Bonchev–Trinajstić information content (AvgIpc) is 2.40. The minimum atomic E-state index is -0.0202. The van der Waals surface area contributed by atoms with E-state index in [4.69, 9.17) is 4.74 Å². The Balaban J connectivity index is 1.97. The van der Waals surface area contributed by atoms with Crippen LogP contribution in [0.2, 0.25) is 0 Å². The summed E-state index contributed by atoms with van der Waals surface area (Å²) in [4.78, 5) is 2.50. The summed E-state index contributed by atoms with van der Waals surface area (Å²) in [5.74, 6) is 0. The Bertz CT molecular complexity index is 417. The van der Waals surface area contributed by atoms with E-state index in [0.29, 0.717) is 0 Å². The SMILES string of the molecule is CCCNCc1ccccc1CN1CCOC(C)(C)C1. The van der Waals surface area contributed by atoms with E-state index in [9.17, 15) is 0 Å². The van der Waals surface area contributed by atoms with Gasteiger partial charge in [0.1, 0.15) is 0 Å². The first-order valence-electron chi connectivity index (χ1n) is 7.74. The molecule has 0 unspecified atom stereocenters. The number of morpholine rings is 1. The summed E-state index contributed by atoms with van der Waals surface area (Å²) in [5.41, 5.74) is 2.84. The van der Waals surface area contributed by atoms with Gasteiger partial charge in [0.05, 0.1) is 12.2 Å². The van der Waals surface area contributed by atoms with Gasteiger partial charge < -0.3 is 10.1 Å². The molecule has 2 rings (SSSR count). The lowest BCUT2D eigenvalue weighted by Gasteiger charge is -2.38. The Hall–Kier alpha value is -0.900. The zero-order valence-electron chi connectivity index (χ0n) is 13.1. The number of hydrogen-bond donors (Lipinski definition) is 1. The van der Waals surface area contributed by atoms with Crippen LogP contribution in [0, 0.1) is 0 Å². The van der Waals surface area contributed by atoms with E-state index in [-0.39, 0.29) is 5.60 Å². The summed E-state index contributed by atoms with van der Waals surface area (Å²) >= 11 is 0. The zero-order valence-corrected chi connectivity index (χ0v) is 13.1. The van der Waals surface area contributed by atoms with Gasteiger partial charge in [0, 0.05) is 26.2 Å². The van der Waals surface area contributed by atoms with Crippen molar-refractivity contribution in [1.82, 2.24) is 10.2 Å². The molecule has 1 N–H and O–H groups in total. The van der Waals surface area contributed by atoms with Crippen molar-refractivity contribution >= 4 is 0 Å². The fourth-order valence-corrected chi connectivity index (χ4v) is 2.77. The maximum absolute atomic E-state index is 5.79. The van der Waals surface area contributed by atoms with Crippen LogP contribution in [-0.2, 0) is 17.8 Å². The minimum absolute atomic E-state index is 0.0202. The van der Waals surface area contributed by atoms with Crippen LogP contribution in [-0.4, -0.2) is 36.7 Å². The van der Waals surface area contributed by atoms with Crippen molar-refractivity contribution in [2.45, 2.75) is 45.9 Å². The fraction of sp³-hybridized carbons (Fsp3) is 0.647. The summed E-state index contributed by atoms with van der Waals surface area (Å²) in [5, 5.41) is 3.50. The molecule has 1 aliphatic rings. The number of nitrogens with one attached hydrogen (secondary N) is 1. The Morgan fingerprint density at radius 1 is 1.25 bits per heavy atom. The highest BCUT2D eigenvalue weighted by Crippen LogP contribution is 2.19. The van der Waals surface area contributed by atoms with Gasteiger partial charge in [0.25, 0.3) is 0 Å². The molecular weight excluding hydrogens is 248 g/mol. The van der Waals surface area contributed by atoms with Gasteiger partial charge in [-0.25, -0.2) is 0 Å². The molecule has 1 aromatic carbocycles. The zero-order chi connectivity index (χ0) is 14.4. The molecule has 3 nitrogen and oxygen atoms in total. The van der Waals surface area contributed by atoms with E-state index < -0.39 is 0 Å². The largest absolute Gasteiger partial charge is 0.373 e. The van der Waals surface area contributed by atoms with Crippen molar-refractivity contribution in [1.29, 1.82) is 0 Å². The van der Waals surface area contributed by atoms with Gasteiger partial charge >= 0.3 is 0 Å². The van der Waals surface area contributed by atoms with Crippen molar-refractivity contribution in [2.75, 3.05) is 26.2 Å². The third-order valence-corrected chi connectivity index (χ3v) is 3.76. The van der Waals surface area contributed by atoms with Gasteiger partial charge in [0.2, 0.25) is 0 Å². The fourth-order valence-electron chi connectivity index (χ4n) is 2.77. The summed E-state index contributed by atoms with van der Waals surface area (Å²) in [6.45, 7) is 12.5. The number of ether oxygens (including phenoxy) is 1. The summed E-state index contributed by atoms with van der Waals surface area (Å²) in [6, 6.07) is 8.77. The molecule has 1 saturated heterocycles. The molecule has 0 aliphatic carbocycles. The van der Waals surface area contributed by atoms with Gasteiger partial charge in [-0.15, -0.1) is 0 Å². The van der Waals surface area contributed by atoms with E-state index in [1.807, 2.05) is 0 Å². The highest BCUT2D eigenvalue weighted by molar-refractivity contribution is 5.27. The van der Waals surface area contributed by atoms with Crippen LogP contribution in [0.5, 0.6) is 0 Å². The molecule has 0 spiro atoms. The molecule has 20 heavy (non-hydrogen) atoms. The van der Waals surface area contributed by atoms with E-state index >= 15 is 0 Å². The molecule has 1 aliphatic heterocycles. The lowest BCUT2D eigenvalue weighted by atomic mass is 10.0. The van der Waals surface area contributed by atoms with E-state index in [1.165, 1.54) is 17.5 Å². The van der Waals surface area contributed by atoms with E-state index in [1.54, 1.807) is 0 Å². The maximum atomic E-state index is 5.79. The quantitative estimate of drug-likeness (QED) is 0.809. The lowest BCUT2D eigenvalue weighted by Crippen LogP contribution is -2.47. The second-order valence-corrected chi connectivity index (χ2v) is 6.26. The molecule has 0 saturated carbocycles. The third kappa shape index (κ3) is 4.58. The Morgan fingerprint density at radius 2 is 2.00 bits per heavy atom. The van der Waals surface area contributed by atoms with Crippen molar-refractivity contribution < 1.29 is 4.74 Å². The van der Waals surface area contributed by atoms with Crippen molar-refractivity contribution in [2.24, 2.45) is 0 Å². The number of benzene rings is 1. The van der Waals surface area contributed by atoms with Crippen LogP contribution in [0.3, 0.4) is 0 Å². The second kappa shape index (κ2) is 7.21. The van der Waals surface area contributed by atoms with Gasteiger partial charge in [0.15, 0.2) is 0 Å². The maximum Gasteiger partial charge on any atom is 0.0753 e. The Labute approximate surface area is 123 Å². The van der Waals surface area contributed by atoms with Gasteiger partial charge in [-0.3, -0.25) is 4.90 Å². The summed E-state index contributed by atoms with van der Waals surface area (Å²) in [7, 11) is 0. The normalized spacial score (nSPS) is 19.1. The summed E-state index contributed by atoms with van der Waals surface area (Å²) in [6.07, 6.45) is 1.18. The highest BCUT2D eigenvalue weighted by atomic mass is 16.5. The van der Waals surface area contributed by atoms with Crippen LogP contribution >= 0.6 is 0 Å². The standard InChI is InChI=1S/C17H28N2O/c1-4-9-18-12-15-7-5-6-8-16(15)13-19-10-11-20-17(2,3)14-19/h5-8,18H,4,9-14H2,1-3H3. The average molecular weight is 276 g/mol. The van der Waals surface area contributed by atoms with Gasteiger partial charge in [-0.05, 0) is 37.9 Å². The molecule has 112 valence electrons. The molecule has 1 aromatic rings. The smallest absolute Gasteiger partial charge is 0.0753 e. The topological polar surface area (TPSA) is 24.5 Å². The molecule has 0 bridgehead atoms. The van der Waals surface area contributed by atoms with Crippen LogP contribution in [0.4, 0.5) is 0 Å². The van der Waals surface area contributed by atoms with Gasteiger partial charge in [-0.2, -0.15) is 0 Å². The van der Waals surface area contributed by atoms with Crippen molar-refractivity contribution in [3.8, 4) is 0 Å². The number of rotatable bonds is 6. The molecular formula is C17H28N2O. The number of hydrogen-bond acceptors (Lipinski definition) is 3. The molecule has 3 heteroatoms. The van der Waals surface area contributed by atoms with Crippen molar-refractivity contribution in [3.05, 3.63) is 35.4 Å². The van der Waals surface area contributed by atoms with E-state index in [2.05, 4.69) is 55.3 Å². The van der Waals surface area contributed by atoms with Crippen LogP contribution < -0.4 is 5.32 Å². The molecule has 1 fully saturated rings. The first-order valence-corrected chi connectivity index (χ1v) is 7.74. The first-order chi connectivity index (χ1) is 9.61. The van der Waals surface area contributed by atoms with E-state index in [0.717, 1.165) is 39.3 Å². The molecule has 0 amide bonds. The van der Waals surface area contributed by atoms with Crippen molar-refractivity contribution in [3.63, 3.8) is 0 Å². The predicted octanol–water partition coefficient (Wildman–Crippen LogP) is 2.80. The Kier molecular flexibility index (Phi) is 5.58.